The summed E-state index contributed by atoms with van der Waals surface area (Å²) in [5.41, 5.74) is 7.25. The molecule has 2 aromatic rings. The summed E-state index contributed by atoms with van der Waals surface area (Å²) in [6, 6.07) is 12.8. The number of benzene rings is 2. The minimum absolute atomic E-state index is 0.776. The van der Waals surface area contributed by atoms with Crippen molar-refractivity contribution < 1.29 is 9.47 Å². The third-order valence-electron chi connectivity index (χ3n) is 4.28. The fourth-order valence-electron chi connectivity index (χ4n) is 3.36. The molecule has 1 aliphatic rings. The van der Waals surface area contributed by atoms with E-state index in [2.05, 4.69) is 44.2 Å². The van der Waals surface area contributed by atoms with Crippen molar-refractivity contribution in [1.82, 2.24) is 0 Å². The van der Waals surface area contributed by atoms with Gasteiger partial charge in [0.2, 0.25) is 5.79 Å². The van der Waals surface area contributed by atoms with E-state index in [9.17, 15) is 0 Å². The molecule has 0 radical (unpaired) electrons. The highest BCUT2D eigenvalue weighted by Crippen LogP contribution is 2.51. The van der Waals surface area contributed by atoms with Gasteiger partial charge >= 0.3 is 0 Å². The van der Waals surface area contributed by atoms with Gasteiger partial charge in [0, 0.05) is 25.3 Å². The Morgan fingerprint density at radius 1 is 1.00 bits per heavy atom. The second kappa shape index (κ2) is 4.72. The molecule has 0 bridgehead atoms. The van der Waals surface area contributed by atoms with E-state index in [1.807, 2.05) is 6.07 Å². The first-order valence-corrected chi connectivity index (χ1v) is 7.02. The first-order chi connectivity index (χ1) is 9.67. The average molecular weight is 268 g/mol. The van der Waals surface area contributed by atoms with Crippen LogP contribution < -0.4 is 0 Å². The van der Waals surface area contributed by atoms with Crippen LogP contribution in [0.15, 0.2) is 36.4 Å². The third kappa shape index (κ3) is 1.58. The van der Waals surface area contributed by atoms with Crippen LogP contribution in [-0.4, -0.2) is 14.2 Å². The Morgan fingerprint density at radius 2 is 1.70 bits per heavy atom. The number of ether oxygens (including phenoxy) is 2. The van der Waals surface area contributed by atoms with Gasteiger partial charge in [0.05, 0.1) is 0 Å². The van der Waals surface area contributed by atoms with Gasteiger partial charge in [-0.05, 0) is 35.6 Å². The lowest BCUT2D eigenvalue weighted by Crippen LogP contribution is -2.30. The fraction of sp³-hybridized carbons (Fsp3) is 0.333. The van der Waals surface area contributed by atoms with Crippen LogP contribution in [0.5, 0.6) is 0 Å². The van der Waals surface area contributed by atoms with Gasteiger partial charge in [-0.3, -0.25) is 0 Å². The van der Waals surface area contributed by atoms with Crippen LogP contribution in [-0.2, 0) is 21.7 Å². The maximum absolute atomic E-state index is 5.83. The molecule has 1 aliphatic carbocycles. The number of rotatable bonds is 3. The van der Waals surface area contributed by atoms with Crippen molar-refractivity contribution in [2.24, 2.45) is 0 Å². The molecule has 20 heavy (non-hydrogen) atoms. The molecule has 0 aliphatic heterocycles. The molecular weight excluding hydrogens is 248 g/mol. The van der Waals surface area contributed by atoms with Crippen LogP contribution in [0.25, 0.3) is 11.1 Å². The van der Waals surface area contributed by atoms with E-state index in [-0.39, 0.29) is 0 Å². The molecule has 0 fully saturated rings. The normalized spacial score (nSPS) is 15.0. The Balaban J connectivity index is 2.40. The van der Waals surface area contributed by atoms with Gasteiger partial charge in [0.25, 0.3) is 0 Å². The van der Waals surface area contributed by atoms with Crippen molar-refractivity contribution in [3.05, 3.63) is 58.7 Å². The Bertz CT molecular complexity index is 654. The molecule has 0 atom stereocenters. The van der Waals surface area contributed by atoms with Gasteiger partial charge in [0.15, 0.2) is 0 Å². The largest absolute Gasteiger partial charge is 0.346 e. The first kappa shape index (κ1) is 13.3. The predicted molar refractivity (Wildman–Crippen MR) is 80.8 cm³/mol. The molecular formula is C18H20O2. The van der Waals surface area contributed by atoms with Gasteiger partial charge in [-0.1, -0.05) is 43.3 Å². The second-order valence-electron chi connectivity index (χ2n) is 5.26. The molecule has 0 spiro atoms. The number of methoxy groups -OCH3 is 2. The highest BCUT2D eigenvalue weighted by molar-refractivity contribution is 5.81. The minimum atomic E-state index is -0.776. The Labute approximate surface area is 120 Å². The smallest absolute Gasteiger partial charge is 0.223 e. The lowest BCUT2D eigenvalue weighted by Gasteiger charge is -2.29. The van der Waals surface area contributed by atoms with Gasteiger partial charge in [0.1, 0.15) is 0 Å². The number of hydrogen-bond donors (Lipinski definition) is 0. The molecule has 0 saturated carbocycles. The molecule has 3 rings (SSSR count). The van der Waals surface area contributed by atoms with Crippen molar-refractivity contribution in [3.8, 4) is 11.1 Å². The number of hydrogen-bond acceptors (Lipinski definition) is 2. The Hall–Kier alpha value is -1.64. The average Bonchev–Trinajstić information content (AvgIpc) is 2.78. The van der Waals surface area contributed by atoms with Gasteiger partial charge in [-0.25, -0.2) is 0 Å². The highest BCUT2D eigenvalue weighted by Gasteiger charge is 2.45. The van der Waals surface area contributed by atoms with E-state index in [4.69, 9.17) is 9.47 Å². The van der Waals surface area contributed by atoms with Crippen LogP contribution in [0.3, 0.4) is 0 Å². The summed E-state index contributed by atoms with van der Waals surface area (Å²) in [6.45, 7) is 4.32. The zero-order chi connectivity index (χ0) is 14.3. The van der Waals surface area contributed by atoms with Crippen LogP contribution in [0, 0.1) is 6.92 Å². The van der Waals surface area contributed by atoms with Crippen molar-refractivity contribution in [1.29, 1.82) is 0 Å². The van der Waals surface area contributed by atoms with E-state index in [0.29, 0.717) is 0 Å². The third-order valence-corrected chi connectivity index (χ3v) is 4.28. The Kier molecular flexibility index (Phi) is 3.15. The molecule has 0 saturated heterocycles. The van der Waals surface area contributed by atoms with Crippen LogP contribution in [0.4, 0.5) is 0 Å². The molecule has 0 heterocycles. The summed E-state index contributed by atoms with van der Waals surface area (Å²) in [7, 11) is 3.42. The lowest BCUT2D eigenvalue weighted by atomic mass is 9.95. The zero-order valence-electron chi connectivity index (χ0n) is 12.5. The quantitative estimate of drug-likeness (QED) is 0.782. The summed E-state index contributed by atoms with van der Waals surface area (Å²) in [5.74, 6) is -0.776. The van der Waals surface area contributed by atoms with Crippen LogP contribution >= 0.6 is 0 Å². The summed E-state index contributed by atoms with van der Waals surface area (Å²) < 4.78 is 11.7. The number of fused-ring (bicyclic) bond motifs is 3. The second-order valence-corrected chi connectivity index (χ2v) is 5.26. The lowest BCUT2D eigenvalue weighted by molar-refractivity contribution is -0.181. The molecule has 2 nitrogen and oxygen atoms in total. The van der Waals surface area contributed by atoms with E-state index in [1.54, 1.807) is 14.2 Å². The molecule has 2 heteroatoms. The van der Waals surface area contributed by atoms with Gasteiger partial charge in [-0.2, -0.15) is 0 Å². The van der Waals surface area contributed by atoms with E-state index in [1.165, 1.54) is 22.3 Å². The van der Waals surface area contributed by atoms with Gasteiger partial charge in [-0.15, -0.1) is 0 Å². The maximum atomic E-state index is 5.83. The van der Waals surface area contributed by atoms with Crippen LogP contribution in [0.1, 0.15) is 29.2 Å². The fourth-order valence-corrected chi connectivity index (χ4v) is 3.36. The topological polar surface area (TPSA) is 18.5 Å². The maximum Gasteiger partial charge on any atom is 0.223 e. The molecule has 104 valence electrons. The molecule has 0 unspecified atom stereocenters. The zero-order valence-corrected chi connectivity index (χ0v) is 12.5. The van der Waals surface area contributed by atoms with Crippen LogP contribution in [0.2, 0.25) is 0 Å². The number of aryl methyl sites for hydroxylation is 2. The molecule has 2 aromatic carbocycles. The monoisotopic (exact) mass is 268 g/mol. The highest BCUT2D eigenvalue weighted by atomic mass is 16.7. The summed E-state index contributed by atoms with van der Waals surface area (Å²) in [5, 5.41) is 0. The SMILES string of the molecule is CCc1cc(C)c2c(c1)-c1ccccc1C2(OC)OC. The van der Waals surface area contributed by atoms with Crippen molar-refractivity contribution >= 4 is 0 Å². The molecule has 0 aromatic heterocycles. The van der Waals surface area contributed by atoms with Crippen molar-refractivity contribution in [2.75, 3.05) is 14.2 Å². The van der Waals surface area contributed by atoms with E-state index in [0.717, 1.165) is 17.5 Å². The van der Waals surface area contributed by atoms with E-state index < -0.39 is 5.79 Å². The molecule has 0 N–H and O–H groups in total. The summed E-state index contributed by atoms with van der Waals surface area (Å²) >= 11 is 0. The predicted octanol–water partition coefficient (Wildman–Crippen LogP) is 4.03. The minimum Gasteiger partial charge on any atom is -0.346 e. The van der Waals surface area contributed by atoms with Crippen molar-refractivity contribution in [2.45, 2.75) is 26.1 Å². The van der Waals surface area contributed by atoms with E-state index >= 15 is 0 Å². The first-order valence-electron chi connectivity index (χ1n) is 7.02. The van der Waals surface area contributed by atoms with Crippen molar-refractivity contribution in [3.63, 3.8) is 0 Å². The van der Waals surface area contributed by atoms with Gasteiger partial charge < -0.3 is 9.47 Å². The Morgan fingerprint density at radius 3 is 2.35 bits per heavy atom. The summed E-state index contributed by atoms with van der Waals surface area (Å²) in [6.07, 6.45) is 1.03. The molecule has 0 amide bonds. The standard InChI is InChI=1S/C18H20O2/c1-5-13-10-12(2)17-15(11-13)14-8-6-7-9-16(14)18(17,19-3)20-4/h6-11H,5H2,1-4H3. The summed E-state index contributed by atoms with van der Waals surface area (Å²) in [4.78, 5) is 0.